The highest BCUT2D eigenvalue weighted by molar-refractivity contribution is 7.10. The van der Waals surface area contributed by atoms with E-state index in [0.29, 0.717) is 6.54 Å². The fourth-order valence-corrected chi connectivity index (χ4v) is 4.19. The summed E-state index contributed by atoms with van der Waals surface area (Å²) in [7, 11) is 0. The van der Waals surface area contributed by atoms with E-state index in [0.717, 1.165) is 38.4 Å². The van der Waals surface area contributed by atoms with Crippen LogP contribution >= 0.6 is 11.3 Å². The molecule has 166 valence electrons. The van der Waals surface area contributed by atoms with Crippen LogP contribution in [0.4, 0.5) is 8.78 Å². The van der Waals surface area contributed by atoms with E-state index in [1.165, 1.54) is 22.2 Å². The lowest BCUT2D eigenvalue weighted by molar-refractivity contribution is 0.400. The van der Waals surface area contributed by atoms with Crippen molar-refractivity contribution in [3.8, 4) is 22.3 Å². The van der Waals surface area contributed by atoms with Crippen molar-refractivity contribution in [2.45, 2.75) is 26.6 Å². The summed E-state index contributed by atoms with van der Waals surface area (Å²) in [4.78, 5) is 13.4. The maximum atomic E-state index is 12.8. The summed E-state index contributed by atoms with van der Waals surface area (Å²) < 4.78 is 29.9. The quantitative estimate of drug-likeness (QED) is 0.437. The van der Waals surface area contributed by atoms with E-state index in [1.54, 1.807) is 0 Å². The molecule has 10 heteroatoms. The van der Waals surface area contributed by atoms with Gasteiger partial charge in [-0.05, 0) is 35.1 Å². The zero-order chi connectivity index (χ0) is 22.7. The average molecular weight is 457 g/mol. The summed E-state index contributed by atoms with van der Waals surface area (Å²) >= 11 is 1.53. The number of hydrogen-bond acceptors (Lipinski definition) is 5. The lowest BCUT2D eigenvalue weighted by Gasteiger charge is -2.02. The van der Waals surface area contributed by atoms with Crippen LogP contribution in [-0.4, -0.2) is 30.7 Å². The molecule has 0 amide bonds. The third-order valence-corrected chi connectivity index (χ3v) is 6.06. The summed E-state index contributed by atoms with van der Waals surface area (Å²) in [5, 5.41) is 10.3. The van der Waals surface area contributed by atoms with Gasteiger partial charge >= 0.3 is 5.69 Å². The Hall–Kier alpha value is -3.37. The van der Waals surface area contributed by atoms with Crippen LogP contribution in [0.1, 0.15) is 11.8 Å². The molecule has 0 saturated carbocycles. The molecule has 0 bridgehead atoms. The van der Waals surface area contributed by atoms with E-state index < -0.39 is 11.8 Å². The molecule has 4 rings (SSSR count). The van der Waals surface area contributed by atoms with Gasteiger partial charge in [0.1, 0.15) is 6.33 Å². The average Bonchev–Trinajstić information content (AvgIpc) is 3.54. The zero-order valence-corrected chi connectivity index (χ0v) is 18.2. The Kier molecular flexibility index (Phi) is 6.42. The monoisotopic (exact) mass is 456 g/mol. The van der Waals surface area contributed by atoms with E-state index >= 15 is 0 Å². The number of rotatable bonds is 8. The highest BCUT2D eigenvalue weighted by atomic mass is 32.1. The zero-order valence-electron chi connectivity index (χ0n) is 17.4. The number of halogens is 2. The number of nitrogens with zero attached hydrogens (tertiary/aromatic N) is 5. The number of aromatic nitrogens is 5. The Morgan fingerprint density at radius 3 is 2.44 bits per heavy atom. The first-order valence-corrected chi connectivity index (χ1v) is 10.9. The number of benzene rings is 1. The third kappa shape index (κ3) is 4.61. The molecule has 4 aromatic rings. The van der Waals surface area contributed by atoms with Gasteiger partial charge in [0, 0.05) is 35.3 Å². The van der Waals surface area contributed by atoms with E-state index in [9.17, 15) is 13.6 Å². The Labute approximate surface area is 187 Å². The minimum absolute atomic E-state index is 0.304. The largest absolute Gasteiger partial charge is 0.346 e. The molecular formula is C22H22F2N6OS. The molecule has 3 aromatic heterocycles. The van der Waals surface area contributed by atoms with Crippen LogP contribution in [0, 0.1) is 0 Å². The van der Waals surface area contributed by atoms with Crippen molar-refractivity contribution in [1.29, 1.82) is 0 Å². The van der Waals surface area contributed by atoms with Gasteiger partial charge in [-0.15, -0.1) is 11.3 Å². The van der Waals surface area contributed by atoms with Gasteiger partial charge in [0.15, 0.2) is 0 Å². The summed E-state index contributed by atoms with van der Waals surface area (Å²) in [6.45, 7) is 2.55. The molecule has 0 fully saturated rings. The third-order valence-electron chi connectivity index (χ3n) is 5.14. The summed E-state index contributed by atoms with van der Waals surface area (Å²) in [5.74, 6) is 0. The van der Waals surface area contributed by atoms with Gasteiger partial charge in [0.2, 0.25) is 0 Å². The first kappa shape index (κ1) is 21.8. The summed E-state index contributed by atoms with van der Waals surface area (Å²) in [6, 6.07) is 10.3. The Morgan fingerprint density at radius 2 is 1.81 bits per heavy atom. The second-order valence-corrected chi connectivity index (χ2v) is 8.23. The van der Waals surface area contributed by atoms with E-state index in [1.807, 2.05) is 35.4 Å². The highest BCUT2D eigenvalue weighted by Gasteiger charge is 2.12. The lowest BCUT2D eigenvalue weighted by atomic mass is 10.0. The van der Waals surface area contributed by atoms with Crippen LogP contribution in [0.25, 0.3) is 22.3 Å². The van der Waals surface area contributed by atoms with Crippen LogP contribution in [0.5, 0.6) is 0 Å². The first-order valence-electron chi connectivity index (χ1n) is 10.0. The van der Waals surface area contributed by atoms with Gasteiger partial charge in [0.05, 0.1) is 19.3 Å². The van der Waals surface area contributed by atoms with Crippen molar-refractivity contribution >= 4 is 11.3 Å². The molecule has 0 radical (unpaired) electrons. The molecule has 0 unspecified atom stereocenters. The summed E-state index contributed by atoms with van der Waals surface area (Å²) in [5.41, 5.74) is 8.84. The van der Waals surface area contributed by atoms with Crippen LogP contribution < -0.4 is 11.4 Å². The minimum atomic E-state index is -1.87. The van der Waals surface area contributed by atoms with Crippen molar-refractivity contribution in [3.05, 3.63) is 81.4 Å². The molecule has 32 heavy (non-hydrogen) atoms. The van der Waals surface area contributed by atoms with Gasteiger partial charge in [-0.1, -0.05) is 24.3 Å². The minimum Gasteiger partial charge on any atom is -0.327 e. The molecule has 0 atom stereocenters. The molecule has 7 nitrogen and oxygen atoms in total. The number of thiophene rings is 1. The Morgan fingerprint density at radius 1 is 1.09 bits per heavy atom. The number of hydrogen-bond donors (Lipinski definition) is 1. The normalized spacial score (nSPS) is 11.1. The van der Waals surface area contributed by atoms with Gasteiger partial charge in [-0.25, -0.2) is 9.48 Å². The fraction of sp³-hybridized carbons (Fsp3) is 0.227. The van der Waals surface area contributed by atoms with Gasteiger partial charge < -0.3 is 5.73 Å². The molecule has 0 saturated heterocycles. The van der Waals surface area contributed by atoms with Crippen LogP contribution in [0.2, 0.25) is 0 Å². The van der Waals surface area contributed by atoms with Crippen molar-refractivity contribution < 1.29 is 8.78 Å². The second-order valence-electron chi connectivity index (χ2n) is 7.23. The van der Waals surface area contributed by atoms with Crippen LogP contribution in [-0.2, 0) is 19.6 Å². The first-order chi connectivity index (χ1) is 15.5. The standard InChI is InChI=1S/C22H22F2N6OS/c1-2-29-10-19(9-26-29)16-5-3-15(4-6-16)17-7-20(32-13-17)12-28-14-27-30(22(28)31)11-18(8-25)21(23)24/h3-7,9-10,13-14H,2,8,11-12,25H2,1H3. The topological polar surface area (TPSA) is 83.7 Å². The van der Waals surface area contributed by atoms with Crippen LogP contribution in [0.15, 0.2) is 70.9 Å². The van der Waals surface area contributed by atoms with Gasteiger partial charge in [0.25, 0.3) is 6.08 Å². The van der Waals surface area contributed by atoms with Crippen LogP contribution in [0.3, 0.4) is 0 Å². The summed E-state index contributed by atoms with van der Waals surface area (Å²) in [6.07, 6.45) is 3.36. The predicted molar refractivity (Wildman–Crippen MR) is 121 cm³/mol. The van der Waals surface area contributed by atoms with E-state index in [4.69, 9.17) is 5.73 Å². The molecule has 0 aliphatic heterocycles. The Bertz CT molecular complexity index is 1290. The highest BCUT2D eigenvalue weighted by Crippen LogP contribution is 2.28. The molecule has 0 spiro atoms. The maximum absolute atomic E-state index is 12.8. The molecule has 0 aliphatic rings. The molecule has 2 N–H and O–H groups in total. The molecule has 0 aliphatic carbocycles. The van der Waals surface area contributed by atoms with Gasteiger partial charge in [-0.3, -0.25) is 9.25 Å². The Balaban J connectivity index is 1.48. The molecule has 3 heterocycles. The molecule has 1 aromatic carbocycles. The SMILES string of the molecule is CCn1cc(-c2ccc(-c3csc(Cn4cnn(CC(CN)=C(F)F)c4=O)c3)cc2)cn1. The van der Waals surface area contributed by atoms with Crippen molar-refractivity contribution in [2.75, 3.05) is 6.54 Å². The fourth-order valence-electron chi connectivity index (χ4n) is 3.29. The van der Waals surface area contributed by atoms with E-state index in [-0.39, 0.29) is 18.7 Å². The smallest absolute Gasteiger partial charge is 0.327 e. The maximum Gasteiger partial charge on any atom is 0.346 e. The second kappa shape index (κ2) is 9.41. The predicted octanol–water partition coefficient (Wildman–Crippen LogP) is 3.81. The number of nitrogens with two attached hydrogens (primary N) is 1. The van der Waals surface area contributed by atoms with Crippen molar-refractivity contribution in [1.82, 2.24) is 24.1 Å². The van der Waals surface area contributed by atoms with Crippen molar-refractivity contribution in [2.24, 2.45) is 5.73 Å². The van der Waals surface area contributed by atoms with Crippen molar-refractivity contribution in [3.63, 3.8) is 0 Å². The molecular weight excluding hydrogens is 434 g/mol. The lowest BCUT2D eigenvalue weighted by Crippen LogP contribution is -2.27. The van der Waals surface area contributed by atoms with E-state index in [2.05, 4.69) is 34.5 Å². The number of aryl methyl sites for hydroxylation is 1. The van der Waals surface area contributed by atoms with Gasteiger partial charge in [-0.2, -0.15) is 19.0 Å².